The van der Waals surface area contributed by atoms with Crippen molar-refractivity contribution in [3.05, 3.63) is 33.8 Å². The van der Waals surface area contributed by atoms with Crippen LogP contribution in [0.3, 0.4) is 0 Å². The van der Waals surface area contributed by atoms with E-state index >= 15 is 0 Å². The van der Waals surface area contributed by atoms with Crippen molar-refractivity contribution in [3.8, 4) is 0 Å². The molecule has 3 rings (SSSR count). The molecule has 1 N–H and O–H groups in total. The van der Waals surface area contributed by atoms with Gasteiger partial charge in [0.25, 0.3) is 0 Å². The van der Waals surface area contributed by atoms with E-state index in [4.69, 9.17) is 28.3 Å². The van der Waals surface area contributed by atoms with Crippen molar-refractivity contribution in [1.82, 2.24) is 4.90 Å². The van der Waals surface area contributed by atoms with Crippen molar-refractivity contribution in [2.45, 2.75) is 19.3 Å². The minimum absolute atomic E-state index is 0.00336. The highest BCUT2D eigenvalue weighted by Gasteiger charge is 2.48. The van der Waals surface area contributed by atoms with E-state index in [-0.39, 0.29) is 23.7 Å². The Balaban J connectivity index is 1.66. The molecule has 6 heteroatoms. The maximum absolute atomic E-state index is 12.5. The number of amides is 1. The third kappa shape index (κ3) is 2.82. The predicted molar refractivity (Wildman–Crippen MR) is 84.2 cm³/mol. The number of carbonyl (C=O) groups is 2. The Morgan fingerprint density at radius 3 is 2.50 bits per heavy atom. The van der Waals surface area contributed by atoms with Crippen molar-refractivity contribution in [1.29, 1.82) is 0 Å². The molecule has 0 radical (unpaired) electrons. The van der Waals surface area contributed by atoms with Gasteiger partial charge in [0.2, 0.25) is 5.91 Å². The van der Waals surface area contributed by atoms with E-state index in [1.807, 2.05) is 19.1 Å². The molecule has 0 bridgehead atoms. The Morgan fingerprint density at radius 2 is 1.91 bits per heavy atom. The molecule has 2 fully saturated rings. The zero-order valence-electron chi connectivity index (χ0n) is 12.1. The van der Waals surface area contributed by atoms with Gasteiger partial charge in [-0.1, -0.05) is 36.2 Å². The quantitative estimate of drug-likeness (QED) is 0.917. The van der Waals surface area contributed by atoms with Gasteiger partial charge in [0.05, 0.1) is 16.0 Å². The maximum atomic E-state index is 12.5. The molecular formula is C16H17Cl2NO3. The second kappa shape index (κ2) is 5.74. The number of hydrogen-bond donors (Lipinski definition) is 1. The van der Waals surface area contributed by atoms with Gasteiger partial charge in [0.1, 0.15) is 0 Å². The molecule has 1 aromatic carbocycles. The largest absolute Gasteiger partial charge is 0.481 e. The summed E-state index contributed by atoms with van der Waals surface area (Å²) in [4.78, 5) is 25.4. The average Bonchev–Trinajstić information content (AvgIpc) is 3.16. The molecule has 1 saturated carbocycles. The molecule has 0 aromatic heterocycles. The van der Waals surface area contributed by atoms with Gasteiger partial charge in [-0.25, -0.2) is 0 Å². The van der Waals surface area contributed by atoms with Crippen LogP contribution < -0.4 is 0 Å². The molecule has 1 aromatic rings. The number of benzene rings is 1. The molecule has 4 atom stereocenters. The Morgan fingerprint density at radius 1 is 1.18 bits per heavy atom. The number of hydrogen-bond acceptors (Lipinski definition) is 2. The summed E-state index contributed by atoms with van der Waals surface area (Å²) in [7, 11) is 0. The Bertz CT molecular complexity index is 634. The summed E-state index contributed by atoms with van der Waals surface area (Å²) in [6.07, 6.45) is 0.791. The summed E-state index contributed by atoms with van der Waals surface area (Å²) in [6, 6.07) is 5.46. The summed E-state index contributed by atoms with van der Waals surface area (Å²) >= 11 is 11.9. The summed E-state index contributed by atoms with van der Waals surface area (Å²) in [5.41, 5.74) is 1.02. The predicted octanol–water partition coefficient (Wildman–Crippen LogP) is 3.28. The van der Waals surface area contributed by atoms with Crippen LogP contribution in [0.25, 0.3) is 0 Å². The molecule has 1 heterocycles. The zero-order valence-corrected chi connectivity index (χ0v) is 13.6. The van der Waals surface area contributed by atoms with Gasteiger partial charge in [-0.3, -0.25) is 9.59 Å². The van der Waals surface area contributed by atoms with Gasteiger partial charge < -0.3 is 10.0 Å². The topological polar surface area (TPSA) is 57.6 Å². The SMILES string of the molecule is C[C@@H]1CN(C(=O)C2CC2c2ccc(Cl)c(Cl)c2)C[C@H]1C(=O)O. The molecular weight excluding hydrogens is 325 g/mol. The van der Waals surface area contributed by atoms with Crippen LogP contribution in [0.2, 0.25) is 10.0 Å². The molecule has 1 amide bonds. The molecule has 2 aliphatic rings. The Labute approximate surface area is 139 Å². The lowest BCUT2D eigenvalue weighted by atomic mass is 9.99. The van der Waals surface area contributed by atoms with Crippen molar-refractivity contribution in [2.75, 3.05) is 13.1 Å². The summed E-state index contributed by atoms with van der Waals surface area (Å²) in [6.45, 7) is 2.73. The van der Waals surface area contributed by atoms with Crippen LogP contribution in [-0.2, 0) is 9.59 Å². The number of halogens is 2. The van der Waals surface area contributed by atoms with Gasteiger partial charge in [-0.15, -0.1) is 0 Å². The Kier molecular flexibility index (Phi) is 4.08. The first-order chi connectivity index (χ1) is 10.4. The molecule has 1 saturated heterocycles. The monoisotopic (exact) mass is 341 g/mol. The number of carbonyl (C=O) groups excluding carboxylic acids is 1. The van der Waals surface area contributed by atoms with E-state index in [0.717, 1.165) is 12.0 Å². The lowest BCUT2D eigenvalue weighted by Gasteiger charge is -2.16. The van der Waals surface area contributed by atoms with Crippen LogP contribution in [-0.4, -0.2) is 35.0 Å². The van der Waals surface area contributed by atoms with Crippen molar-refractivity contribution >= 4 is 35.1 Å². The molecule has 0 spiro atoms. The van der Waals surface area contributed by atoms with Crippen LogP contribution in [0.4, 0.5) is 0 Å². The minimum Gasteiger partial charge on any atom is -0.481 e. The highest BCUT2D eigenvalue weighted by atomic mass is 35.5. The summed E-state index contributed by atoms with van der Waals surface area (Å²) < 4.78 is 0. The maximum Gasteiger partial charge on any atom is 0.308 e. The van der Waals surface area contributed by atoms with Gasteiger partial charge >= 0.3 is 5.97 Å². The Hall–Kier alpha value is -1.26. The highest BCUT2D eigenvalue weighted by molar-refractivity contribution is 6.42. The van der Waals surface area contributed by atoms with Crippen LogP contribution in [0, 0.1) is 17.8 Å². The van der Waals surface area contributed by atoms with Gasteiger partial charge in [-0.2, -0.15) is 0 Å². The molecule has 118 valence electrons. The zero-order chi connectivity index (χ0) is 16.0. The van der Waals surface area contributed by atoms with Crippen LogP contribution >= 0.6 is 23.2 Å². The number of likely N-dealkylation sites (tertiary alicyclic amines) is 1. The molecule has 4 nitrogen and oxygen atoms in total. The lowest BCUT2D eigenvalue weighted by molar-refractivity contribution is -0.142. The van der Waals surface area contributed by atoms with E-state index < -0.39 is 11.9 Å². The molecule has 22 heavy (non-hydrogen) atoms. The minimum atomic E-state index is -0.820. The smallest absolute Gasteiger partial charge is 0.308 e. The highest BCUT2D eigenvalue weighted by Crippen LogP contribution is 2.50. The average molecular weight is 342 g/mol. The van der Waals surface area contributed by atoms with Crippen LogP contribution in [0.15, 0.2) is 18.2 Å². The number of nitrogens with zero attached hydrogens (tertiary/aromatic N) is 1. The summed E-state index contributed by atoms with van der Waals surface area (Å²) in [5.74, 6) is -1.10. The fraction of sp³-hybridized carbons (Fsp3) is 0.500. The fourth-order valence-corrected chi connectivity index (χ4v) is 3.59. The third-order valence-electron chi connectivity index (χ3n) is 4.72. The number of rotatable bonds is 3. The van der Waals surface area contributed by atoms with Crippen molar-refractivity contribution in [2.24, 2.45) is 17.8 Å². The summed E-state index contributed by atoms with van der Waals surface area (Å²) in [5, 5.41) is 10.2. The number of aliphatic carboxylic acids is 1. The number of carboxylic acids is 1. The van der Waals surface area contributed by atoms with E-state index in [1.54, 1.807) is 11.0 Å². The molecule has 2 unspecified atom stereocenters. The molecule has 1 aliphatic carbocycles. The van der Waals surface area contributed by atoms with Crippen molar-refractivity contribution in [3.63, 3.8) is 0 Å². The van der Waals surface area contributed by atoms with Gasteiger partial charge in [0.15, 0.2) is 0 Å². The first-order valence-electron chi connectivity index (χ1n) is 7.35. The van der Waals surface area contributed by atoms with Crippen LogP contribution in [0.1, 0.15) is 24.8 Å². The van der Waals surface area contributed by atoms with E-state index in [1.165, 1.54) is 0 Å². The van der Waals surface area contributed by atoms with Gasteiger partial charge in [-0.05, 0) is 36.0 Å². The van der Waals surface area contributed by atoms with E-state index in [2.05, 4.69) is 0 Å². The second-order valence-corrected chi connectivity index (χ2v) is 7.10. The van der Waals surface area contributed by atoms with Crippen LogP contribution in [0.5, 0.6) is 0 Å². The van der Waals surface area contributed by atoms with E-state index in [0.29, 0.717) is 23.1 Å². The first kappa shape index (κ1) is 15.6. The van der Waals surface area contributed by atoms with Crippen molar-refractivity contribution < 1.29 is 14.7 Å². The normalized spacial score (nSPS) is 30.4. The standard InChI is InChI=1S/C16H17Cl2NO3/c1-8-6-19(7-12(8)16(21)22)15(20)11-5-10(11)9-2-3-13(17)14(18)4-9/h2-4,8,10-12H,5-7H2,1H3,(H,21,22)/t8-,10?,11?,12-/m1/s1. The third-order valence-corrected chi connectivity index (χ3v) is 5.46. The van der Waals surface area contributed by atoms with E-state index in [9.17, 15) is 9.59 Å². The number of carboxylic acid groups (broad SMARTS) is 1. The van der Waals surface area contributed by atoms with Gasteiger partial charge in [0, 0.05) is 19.0 Å². The fourth-order valence-electron chi connectivity index (χ4n) is 3.28. The second-order valence-electron chi connectivity index (χ2n) is 6.29. The molecule has 1 aliphatic heterocycles. The first-order valence-corrected chi connectivity index (χ1v) is 8.10. The lowest BCUT2D eigenvalue weighted by Crippen LogP contribution is -2.31.